The van der Waals surface area contributed by atoms with Crippen LogP contribution in [-0.4, -0.2) is 111 Å². The van der Waals surface area contributed by atoms with E-state index < -0.39 is 6.04 Å². The second-order valence-corrected chi connectivity index (χ2v) is 11.2. The fraction of sp³-hybridized carbons (Fsp3) is 0.724. The molecule has 0 saturated heterocycles. The largest absolute Gasteiger partial charge is 0.490 e. The van der Waals surface area contributed by atoms with Crippen molar-refractivity contribution >= 4 is 17.5 Å². The van der Waals surface area contributed by atoms with E-state index in [-0.39, 0.29) is 36.5 Å². The minimum Gasteiger partial charge on any atom is -0.490 e. The average molecular weight is 535 g/mol. The number of hydrogen-bond acceptors (Lipinski definition) is 7. The highest BCUT2D eigenvalue weighted by atomic mass is 16.5. The molecule has 2 rings (SSSR count). The summed E-state index contributed by atoms with van der Waals surface area (Å²) in [5.41, 5.74) is 0.945. The van der Waals surface area contributed by atoms with Crippen molar-refractivity contribution in [3.8, 4) is 5.75 Å². The number of likely N-dealkylation sites (N-methyl/N-ethyl adjacent to an activating group) is 1. The summed E-state index contributed by atoms with van der Waals surface area (Å²) in [6.45, 7) is 8.44. The van der Waals surface area contributed by atoms with E-state index in [1.54, 1.807) is 23.1 Å². The van der Waals surface area contributed by atoms with Gasteiger partial charge in [-0.25, -0.2) is 0 Å². The standard InChI is InChI=1S/C29H50N4O5/c1-21-18-33(22(2)20-34)29(36)25-17-24(30-28(35)12-10-15-31(4)5)13-14-26(25)38-23(3)11-8-9-16-37-27(21)19-32(6)7/h13-14,17,21-23,27,34H,8-12,15-16,18-20H2,1-7H3,(H,30,35)/t21-,22+,23-,27+/m1/s1. The predicted molar refractivity (Wildman–Crippen MR) is 152 cm³/mol. The maximum Gasteiger partial charge on any atom is 0.258 e. The highest BCUT2D eigenvalue weighted by Crippen LogP contribution is 2.28. The number of nitrogens with zero attached hydrogens (tertiary/aromatic N) is 3. The molecule has 0 aliphatic carbocycles. The molecule has 0 aromatic heterocycles. The quantitative estimate of drug-likeness (QED) is 0.502. The predicted octanol–water partition coefficient (Wildman–Crippen LogP) is 3.32. The molecule has 0 radical (unpaired) electrons. The van der Waals surface area contributed by atoms with Crippen LogP contribution in [0.5, 0.6) is 5.75 Å². The van der Waals surface area contributed by atoms with E-state index in [9.17, 15) is 14.7 Å². The Hall–Kier alpha value is -2.20. The van der Waals surface area contributed by atoms with Gasteiger partial charge in [-0.15, -0.1) is 0 Å². The normalized spacial score (nSPS) is 22.5. The number of fused-ring (bicyclic) bond motifs is 1. The number of aliphatic hydroxyl groups is 1. The van der Waals surface area contributed by atoms with E-state index >= 15 is 0 Å². The number of carbonyl (C=O) groups is 2. The zero-order chi connectivity index (χ0) is 28.2. The van der Waals surface area contributed by atoms with E-state index in [4.69, 9.17) is 9.47 Å². The van der Waals surface area contributed by atoms with Crippen molar-refractivity contribution in [2.24, 2.45) is 5.92 Å². The summed E-state index contributed by atoms with van der Waals surface area (Å²) < 4.78 is 12.5. The van der Waals surface area contributed by atoms with Crippen LogP contribution in [0.15, 0.2) is 18.2 Å². The van der Waals surface area contributed by atoms with Gasteiger partial charge in [0.2, 0.25) is 5.91 Å². The summed E-state index contributed by atoms with van der Waals surface area (Å²) in [7, 11) is 8.00. The van der Waals surface area contributed by atoms with Crippen molar-refractivity contribution in [3.05, 3.63) is 23.8 Å². The van der Waals surface area contributed by atoms with Crippen molar-refractivity contribution in [1.82, 2.24) is 14.7 Å². The number of aliphatic hydroxyl groups excluding tert-OH is 1. The van der Waals surface area contributed by atoms with Gasteiger partial charge in [-0.3, -0.25) is 9.59 Å². The highest BCUT2D eigenvalue weighted by Gasteiger charge is 2.30. The highest BCUT2D eigenvalue weighted by molar-refractivity contribution is 5.99. The number of carbonyl (C=O) groups excluding carboxylic acids is 2. The third-order valence-corrected chi connectivity index (χ3v) is 6.89. The van der Waals surface area contributed by atoms with E-state index in [0.717, 1.165) is 38.8 Å². The number of amides is 2. The molecule has 0 unspecified atom stereocenters. The fourth-order valence-corrected chi connectivity index (χ4v) is 4.60. The molecule has 9 nitrogen and oxygen atoms in total. The number of benzene rings is 1. The first-order chi connectivity index (χ1) is 18.0. The molecule has 0 fully saturated rings. The van der Waals surface area contributed by atoms with Crippen molar-refractivity contribution in [1.29, 1.82) is 0 Å². The molecule has 0 spiro atoms. The zero-order valence-electron chi connectivity index (χ0n) is 24.5. The van der Waals surface area contributed by atoms with Gasteiger partial charge in [0.05, 0.1) is 30.4 Å². The molecule has 1 aromatic rings. The molecule has 0 saturated carbocycles. The molecule has 1 aromatic carbocycles. The second-order valence-electron chi connectivity index (χ2n) is 11.2. The maximum atomic E-state index is 14.0. The van der Waals surface area contributed by atoms with Crippen molar-refractivity contribution < 1.29 is 24.2 Å². The van der Waals surface area contributed by atoms with Gasteiger partial charge in [-0.2, -0.15) is 0 Å². The summed E-state index contributed by atoms with van der Waals surface area (Å²) in [4.78, 5) is 32.4. The zero-order valence-corrected chi connectivity index (χ0v) is 24.5. The minimum absolute atomic E-state index is 0.0427. The lowest BCUT2D eigenvalue weighted by atomic mass is 10.0. The van der Waals surface area contributed by atoms with Crippen LogP contribution in [-0.2, 0) is 9.53 Å². The van der Waals surface area contributed by atoms with Gasteiger partial charge in [-0.1, -0.05) is 6.92 Å². The van der Waals surface area contributed by atoms with Gasteiger partial charge in [0, 0.05) is 37.7 Å². The number of ether oxygens (including phenoxy) is 2. The molecule has 2 amide bonds. The number of rotatable bonds is 9. The third kappa shape index (κ3) is 10.5. The Balaban J connectivity index is 2.40. The smallest absolute Gasteiger partial charge is 0.258 e. The molecule has 216 valence electrons. The molecular formula is C29H50N4O5. The van der Waals surface area contributed by atoms with Gasteiger partial charge in [0.1, 0.15) is 5.75 Å². The molecule has 0 bridgehead atoms. The second kappa shape index (κ2) is 16.0. The fourth-order valence-electron chi connectivity index (χ4n) is 4.60. The van der Waals surface area contributed by atoms with Gasteiger partial charge >= 0.3 is 0 Å². The molecule has 1 aliphatic heterocycles. The average Bonchev–Trinajstić information content (AvgIpc) is 2.85. The lowest BCUT2D eigenvalue weighted by molar-refractivity contribution is -0.116. The van der Waals surface area contributed by atoms with Gasteiger partial charge in [0.25, 0.3) is 5.91 Å². The Bertz CT molecular complexity index is 879. The number of hydrogen-bond donors (Lipinski definition) is 2. The molecule has 1 aliphatic rings. The summed E-state index contributed by atoms with van der Waals surface area (Å²) in [5, 5.41) is 13.0. The van der Waals surface area contributed by atoms with Crippen LogP contribution in [0.1, 0.15) is 63.2 Å². The van der Waals surface area contributed by atoms with Gasteiger partial charge in [0.15, 0.2) is 0 Å². The van der Waals surface area contributed by atoms with Crippen LogP contribution in [0.25, 0.3) is 0 Å². The van der Waals surface area contributed by atoms with Crippen LogP contribution in [0.2, 0.25) is 0 Å². The Morgan fingerprint density at radius 1 is 1.18 bits per heavy atom. The minimum atomic E-state index is -0.396. The molecular weight excluding hydrogens is 484 g/mol. The molecule has 2 N–H and O–H groups in total. The van der Waals surface area contributed by atoms with Gasteiger partial charge < -0.3 is 34.6 Å². The number of anilines is 1. The van der Waals surface area contributed by atoms with E-state index in [1.807, 2.05) is 46.9 Å². The van der Waals surface area contributed by atoms with E-state index in [0.29, 0.717) is 36.6 Å². The SMILES string of the molecule is C[C@@H]1CCCCO[C@@H](CN(C)C)[C@H](C)CN([C@@H](C)CO)C(=O)c2cc(NC(=O)CCCN(C)C)ccc2O1. The van der Waals surface area contributed by atoms with Crippen LogP contribution in [0.4, 0.5) is 5.69 Å². The van der Waals surface area contributed by atoms with Crippen molar-refractivity contribution in [2.45, 2.75) is 71.1 Å². The first-order valence-electron chi connectivity index (χ1n) is 13.9. The summed E-state index contributed by atoms with van der Waals surface area (Å²) in [5.74, 6) is 0.215. The molecule has 1 heterocycles. The van der Waals surface area contributed by atoms with Crippen LogP contribution >= 0.6 is 0 Å². The lowest BCUT2D eigenvalue weighted by Gasteiger charge is -2.35. The molecule has 4 atom stereocenters. The first kappa shape index (κ1) is 32.0. The summed E-state index contributed by atoms with van der Waals surface area (Å²) in [6.07, 6.45) is 3.75. The van der Waals surface area contributed by atoms with E-state index in [2.05, 4.69) is 17.1 Å². The lowest BCUT2D eigenvalue weighted by Crippen LogP contribution is -2.47. The Morgan fingerprint density at radius 2 is 1.92 bits per heavy atom. The van der Waals surface area contributed by atoms with E-state index in [1.165, 1.54) is 0 Å². The Labute approximate surface area is 229 Å². The molecule has 9 heteroatoms. The topological polar surface area (TPSA) is 94.6 Å². The van der Waals surface area contributed by atoms with Gasteiger partial charge in [-0.05, 0) is 92.5 Å². The first-order valence-corrected chi connectivity index (χ1v) is 13.9. The summed E-state index contributed by atoms with van der Waals surface area (Å²) in [6, 6.07) is 4.87. The Morgan fingerprint density at radius 3 is 2.58 bits per heavy atom. The third-order valence-electron chi connectivity index (χ3n) is 6.89. The number of nitrogens with one attached hydrogen (secondary N) is 1. The summed E-state index contributed by atoms with van der Waals surface area (Å²) >= 11 is 0. The maximum absolute atomic E-state index is 14.0. The van der Waals surface area contributed by atoms with Crippen LogP contribution in [0.3, 0.4) is 0 Å². The Kier molecular flexibility index (Phi) is 13.5. The monoisotopic (exact) mass is 534 g/mol. The van der Waals surface area contributed by atoms with Crippen molar-refractivity contribution in [2.75, 3.05) is 66.4 Å². The van der Waals surface area contributed by atoms with Crippen molar-refractivity contribution in [3.63, 3.8) is 0 Å². The van der Waals surface area contributed by atoms with Crippen LogP contribution in [0, 0.1) is 5.92 Å². The van der Waals surface area contributed by atoms with Crippen LogP contribution < -0.4 is 10.1 Å². The molecule has 38 heavy (non-hydrogen) atoms.